The molecule has 9 heteroatoms. The quantitative estimate of drug-likeness (QED) is 0.676. The zero-order chi connectivity index (χ0) is 16.3. The first-order valence-electron chi connectivity index (χ1n) is 7.62. The van der Waals surface area contributed by atoms with E-state index in [0.29, 0.717) is 31.7 Å². The summed E-state index contributed by atoms with van der Waals surface area (Å²) in [6.45, 7) is 1.32. The second-order valence-electron chi connectivity index (χ2n) is 5.79. The Labute approximate surface area is 131 Å². The first-order chi connectivity index (χ1) is 11.0. The summed E-state index contributed by atoms with van der Waals surface area (Å²) < 4.78 is 26.3. The molecule has 2 aliphatic rings. The fourth-order valence-corrected chi connectivity index (χ4v) is 2.49. The number of nitrogens with zero attached hydrogens (tertiary/aromatic N) is 3. The lowest BCUT2D eigenvalue weighted by atomic mass is 9.92. The van der Waals surface area contributed by atoms with Crippen molar-refractivity contribution in [2.75, 3.05) is 18.4 Å². The third-order valence-corrected chi connectivity index (χ3v) is 4.02. The second kappa shape index (κ2) is 6.51. The largest absolute Gasteiger partial charge is 0.452 e. The highest BCUT2D eigenvalue weighted by atomic mass is 19.3. The first-order valence-corrected chi connectivity index (χ1v) is 7.62. The molecule has 1 saturated carbocycles. The first kappa shape index (κ1) is 15.7. The number of hydrogen-bond acceptors (Lipinski definition) is 6. The second-order valence-corrected chi connectivity index (χ2v) is 5.79. The molecule has 0 aromatic carbocycles. The number of hydrogen-bond donors (Lipinski definition) is 1. The molecule has 7 nitrogen and oxygen atoms in total. The van der Waals surface area contributed by atoms with Crippen molar-refractivity contribution in [3.8, 4) is 5.88 Å². The van der Waals surface area contributed by atoms with Gasteiger partial charge < -0.3 is 10.2 Å². The van der Waals surface area contributed by atoms with Gasteiger partial charge in [0.05, 0.1) is 0 Å². The van der Waals surface area contributed by atoms with E-state index in [1.54, 1.807) is 0 Å². The molecule has 1 saturated heterocycles. The van der Waals surface area contributed by atoms with Crippen LogP contribution >= 0.6 is 0 Å². The third-order valence-electron chi connectivity index (χ3n) is 4.02. The smallest absolute Gasteiger partial charge is 0.367 e. The van der Waals surface area contributed by atoms with Crippen molar-refractivity contribution < 1.29 is 23.4 Å². The maximum atomic E-state index is 13.1. The van der Waals surface area contributed by atoms with E-state index in [-0.39, 0.29) is 24.8 Å². The topological polar surface area (TPSA) is 76.6 Å². The highest BCUT2D eigenvalue weighted by molar-refractivity contribution is 5.67. The van der Waals surface area contributed by atoms with Crippen LogP contribution in [0.25, 0.3) is 0 Å². The van der Waals surface area contributed by atoms with Crippen molar-refractivity contribution in [3.63, 3.8) is 0 Å². The predicted octanol–water partition coefficient (Wildman–Crippen LogP) is 2.60. The molecule has 1 aliphatic heterocycles. The molecule has 126 valence electrons. The number of likely N-dealkylation sites (tertiary alicyclic amines) is 1. The van der Waals surface area contributed by atoms with Gasteiger partial charge in [-0.1, -0.05) is 0 Å². The zero-order valence-electron chi connectivity index (χ0n) is 12.5. The molecule has 0 spiro atoms. The van der Waals surface area contributed by atoms with E-state index < -0.39 is 12.0 Å². The van der Waals surface area contributed by atoms with Gasteiger partial charge in [-0.3, -0.25) is 4.89 Å². The minimum atomic E-state index is -2.57. The molecule has 2 fully saturated rings. The number of halogens is 2. The van der Waals surface area contributed by atoms with Crippen LogP contribution in [0.2, 0.25) is 0 Å². The zero-order valence-corrected chi connectivity index (χ0v) is 12.5. The van der Waals surface area contributed by atoms with Crippen LogP contribution in [-0.2, 0) is 4.89 Å². The van der Waals surface area contributed by atoms with E-state index in [1.165, 1.54) is 17.3 Å². The standard InChI is InChI=1S/C14H18F2N4O3/c15-14(16)4-2-10(3-5-14)19-11-8-12(18-9-17-11)22-23-13(21)20-6-1-7-20/h8-10H,1-7H2,(H,17,18,19). The van der Waals surface area contributed by atoms with Crippen LogP contribution < -0.4 is 10.2 Å². The molecule has 0 bridgehead atoms. The minimum absolute atomic E-state index is 0.0685. The Balaban J connectivity index is 1.50. The van der Waals surface area contributed by atoms with Crippen molar-refractivity contribution in [1.82, 2.24) is 14.9 Å². The molecule has 1 amide bonds. The molecule has 1 N–H and O–H groups in total. The number of aromatic nitrogens is 2. The van der Waals surface area contributed by atoms with Crippen LogP contribution in [0.5, 0.6) is 5.88 Å². The Morgan fingerprint density at radius 2 is 2.04 bits per heavy atom. The normalized spacial score (nSPS) is 20.5. The average molecular weight is 328 g/mol. The summed E-state index contributed by atoms with van der Waals surface area (Å²) in [7, 11) is 0. The van der Waals surface area contributed by atoms with Gasteiger partial charge in [0.15, 0.2) is 0 Å². The lowest BCUT2D eigenvalue weighted by Crippen LogP contribution is -2.42. The Hall–Kier alpha value is -2.19. The molecular formula is C14H18F2N4O3. The van der Waals surface area contributed by atoms with Gasteiger partial charge in [-0.05, 0) is 19.3 Å². The lowest BCUT2D eigenvalue weighted by molar-refractivity contribution is -0.160. The SMILES string of the molecule is O=C(OOc1cc(NC2CCC(F)(F)CC2)ncn1)N1CCC1. The Morgan fingerprint density at radius 3 is 2.70 bits per heavy atom. The minimum Gasteiger partial charge on any atom is -0.367 e. The highest BCUT2D eigenvalue weighted by Gasteiger charge is 2.35. The average Bonchev–Trinajstić information content (AvgIpc) is 2.46. The lowest BCUT2D eigenvalue weighted by Gasteiger charge is -2.29. The molecule has 0 radical (unpaired) electrons. The molecule has 1 aromatic heterocycles. The predicted molar refractivity (Wildman–Crippen MR) is 76.2 cm³/mol. The van der Waals surface area contributed by atoms with Gasteiger partial charge in [0, 0.05) is 38.0 Å². The van der Waals surface area contributed by atoms with Crippen molar-refractivity contribution in [3.05, 3.63) is 12.4 Å². The van der Waals surface area contributed by atoms with Crippen molar-refractivity contribution >= 4 is 11.9 Å². The third kappa shape index (κ3) is 4.17. The summed E-state index contributed by atoms with van der Waals surface area (Å²) in [6.07, 6.45) is 2.13. The van der Waals surface area contributed by atoms with E-state index in [2.05, 4.69) is 20.2 Å². The summed E-state index contributed by atoms with van der Waals surface area (Å²) in [5.41, 5.74) is 0. The van der Waals surface area contributed by atoms with E-state index in [1.807, 2.05) is 0 Å². The van der Waals surface area contributed by atoms with Gasteiger partial charge in [-0.15, -0.1) is 0 Å². The summed E-state index contributed by atoms with van der Waals surface area (Å²) in [5.74, 6) is -2.04. The highest BCUT2D eigenvalue weighted by Crippen LogP contribution is 2.34. The fourth-order valence-electron chi connectivity index (χ4n) is 2.49. The van der Waals surface area contributed by atoms with Crippen LogP contribution in [0.15, 0.2) is 12.4 Å². The van der Waals surface area contributed by atoms with Crippen LogP contribution in [0.1, 0.15) is 32.1 Å². The fraction of sp³-hybridized carbons (Fsp3) is 0.643. The molecule has 2 heterocycles. The molecule has 1 aromatic rings. The molecule has 3 rings (SSSR count). The molecule has 1 aliphatic carbocycles. The summed E-state index contributed by atoms with van der Waals surface area (Å²) in [5, 5.41) is 3.08. The van der Waals surface area contributed by atoms with E-state index in [4.69, 9.17) is 4.89 Å². The number of carbonyl (C=O) groups excluding carboxylic acids is 1. The van der Waals surface area contributed by atoms with Gasteiger partial charge in [-0.2, -0.15) is 4.98 Å². The summed E-state index contributed by atoms with van der Waals surface area (Å²) in [6, 6.07) is 1.40. The molecule has 23 heavy (non-hydrogen) atoms. The van der Waals surface area contributed by atoms with Crippen LogP contribution in [-0.4, -0.2) is 46.0 Å². The van der Waals surface area contributed by atoms with Gasteiger partial charge >= 0.3 is 6.09 Å². The Morgan fingerprint density at radius 1 is 1.30 bits per heavy atom. The van der Waals surface area contributed by atoms with Gasteiger partial charge in [0.2, 0.25) is 5.92 Å². The van der Waals surface area contributed by atoms with E-state index >= 15 is 0 Å². The van der Waals surface area contributed by atoms with Gasteiger partial charge in [0.25, 0.3) is 5.88 Å². The van der Waals surface area contributed by atoms with Crippen molar-refractivity contribution in [1.29, 1.82) is 0 Å². The molecule has 0 unspecified atom stereocenters. The maximum Gasteiger partial charge on any atom is 0.452 e. The number of anilines is 1. The molecule has 0 atom stereocenters. The number of alkyl halides is 2. The maximum absolute atomic E-state index is 13.1. The number of carbonyl (C=O) groups is 1. The molecular weight excluding hydrogens is 310 g/mol. The van der Waals surface area contributed by atoms with Crippen molar-refractivity contribution in [2.24, 2.45) is 0 Å². The summed E-state index contributed by atoms with van der Waals surface area (Å²) in [4.78, 5) is 30.4. The van der Waals surface area contributed by atoms with Crippen LogP contribution in [0.4, 0.5) is 19.4 Å². The van der Waals surface area contributed by atoms with Crippen LogP contribution in [0, 0.1) is 0 Å². The summed E-state index contributed by atoms with van der Waals surface area (Å²) >= 11 is 0. The monoisotopic (exact) mass is 328 g/mol. The Kier molecular flexibility index (Phi) is 4.44. The number of rotatable bonds is 4. The van der Waals surface area contributed by atoms with Gasteiger partial charge in [-0.25, -0.2) is 23.4 Å². The number of nitrogens with one attached hydrogen (secondary N) is 1. The van der Waals surface area contributed by atoms with Crippen molar-refractivity contribution in [2.45, 2.75) is 44.1 Å². The Bertz CT molecular complexity index is 559. The van der Waals surface area contributed by atoms with Gasteiger partial charge in [0.1, 0.15) is 12.1 Å². The van der Waals surface area contributed by atoms with E-state index in [0.717, 1.165) is 6.42 Å². The number of amides is 1. The van der Waals surface area contributed by atoms with Crippen LogP contribution in [0.3, 0.4) is 0 Å². The van der Waals surface area contributed by atoms with E-state index in [9.17, 15) is 13.6 Å².